The van der Waals surface area contributed by atoms with Gasteiger partial charge in [0.1, 0.15) is 18.2 Å². The number of amides is 1. The summed E-state index contributed by atoms with van der Waals surface area (Å²) in [6.07, 6.45) is 7.41. The molecule has 6 nitrogen and oxygen atoms in total. The minimum atomic E-state index is 0.147. The Morgan fingerprint density at radius 3 is 2.96 bits per heavy atom. The molecule has 1 aliphatic heterocycles. The van der Waals surface area contributed by atoms with Crippen molar-refractivity contribution < 1.29 is 9.21 Å². The van der Waals surface area contributed by atoms with Gasteiger partial charge in [-0.15, -0.1) is 0 Å². The summed E-state index contributed by atoms with van der Waals surface area (Å²) in [5.41, 5.74) is 4.37. The minimum absolute atomic E-state index is 0.147. The van der Waals surface area contributed by atoms with Crippen molar-refractivity contribution in [2.24, 2.45) is 0 Å². The molecule has 1 atom stereocenters. The first-order valence-electron chi connectivity index (χ1n) is 9.65. The van der Waals surface area contributed by atoms with Gasteiger partial charge in [0, 0.05) is 24.0 Å². The molecule has 0 radical (unpaired) electrons. The second-order valence-electron chi connectivity index (χ2n) is 7.81. The maximum Gasteiger partial charge on any atom is 0.227 e. The molecule has 1 saturated heterocycles. The van der Waals surface area contributed by atoms with Crippen LogP contribution < -0.4 is 0 Å². The molecular formula is C21H26N4O2. The summed E-state index contributed by atoms with van der Waals surface area (Å²) in [6.45, 7) is 7.98. The van der Waals surface area contributed by atoms with Gasteiger partial charge in [-0.3, -0.25) is 4.79 Å². The lowest BCUT2D eigenvalue weighted by molar-refractivity contribution is -0.132. The van der Waals surface area contributed by atoms with Gasteiger partial charge in [-0.05, 0) is 48.9 Å². The zero-order valence-corrected chi connectivity index (χ0v) is 16.2. The Hall–Kier alpha value is -2.63. The Morgan fingerprint density at radius 2 is 2.22 bits per heavy atom. The van der Waals surface area contributed by atoms with E-state index < -0.39 is 0 Å². The molecule has 3 aromatic rings. The lowest BCUT2D eigenvalue weighted by Gasteiger charge is -2.32. The predicted octanol–water partition coefficient (Wildman–Crippen LogP) is 3.86. The van der Waals surface area contributed by atoms with Crippen LogP contribution in [-0.4, -0.2) is 38.7 Å². The van der Waals surface area contributed by atoms with Gasteiger partial charge in [-0.2, -0.15) is 5.10 Å². The molecule has 0 saturated carbocycles. The van der Waals surface area contributed by atoms with Crippen molar-refractivity contribution in [3.63, 3.8) is 0 Å². The highest BCUT2D eigenvalue weighted by atomic mass is 16.3. The third kappa shape index (κ3) is 3.48. The molecule has 142 valence electrons. The normalized spacial score (nSPS) is 17.8. The number of piperidine rings is 1. The van der Waals surface area contributed by atoms with E-state index in [4.69, 9.17) is 4.42 Å². The van der Waals surface area contributed by atoms with Gasteiger partial charge in [0.25, 0.3) is 0 Å². The van der Waals surface area contributed by atoms with Crippen molar-refractivity contribution in [2.75, 3.05) is 13.1 Å². The van der Waals surface area contributed by atoms with E-state index in [1.54, 1.807) is 18.9 Å². The summed E-state index contributed by atoms with van der Waals surface area (Å²) in [4.78, 5) is 18.9. The number of aromatic nitrogens is 3. The summed E-state index contributed by atoms with van der Waals surface area (Å²) < 4.78 is 7.61. The second kappa shape index (κ2) is 7.18. The Kier molecular flexibility index (Phi) is 4.72. The number of benzene rings is 1. The number of hydrogen-bond acceptors (Lipinski definition) is 4. The molecule has 1 amide bonds. The molecule has 2 aromatic heterocycles. The highest BCUT2D eigenvalue weighted by Gasteiger charge is 2.26. The molecule has 6 heteroatoms. The molecule has 0 bridgehead atoms. The predicted molar refractivity (Wildman–Crippen MR) is 104 cm³/mol. The molecule has 1 aromatic carbocycles. The van der Waals surface area contributed by atoms with Crippen LogP contribution >= 0.6 is 0 Å². The summed E-state index contributed by atoms with van der Waals surface area (Å²) in [5.74, 6) is 0.590. The fourth-order valence-corrected chi connectivity index (χ4v) is 4.08. The number of hydrogen-bond donors (Lipinski definition) is 0. The molecule has 1 aliphatic rings. The van der Waals surface area contributed by atoms with Crippen LogP contribution in [0.25, 0.3) is 11.0 Å². The molecule has 0 N–H and O–H groups in total. The average molecular weight is 366 g/mol. The summed E-state index contributed by atoms with van der Waals surface area (Å²) >= 11 is 0. The van der Waals surface area contributed by atoms with Gasteiger partial charge >= 0.3 is 0 Å². The zero-order chi connectivity index (χ0) is 19.0. The van der Waals surface area contributed by atoms with Crippen LogP contribution in [0.15, 0.2) is 35.5 Å². The molecule has 1 fully saturated rings. The highest BCUT2D eigenvalue weighted by molar-refractivity contribution is 5.88. The standard InChI is InChI=1S/C21H26N4O2/c1-14(2)18-9-19-16(11-27-20(19)7-15(18)3)8-21(26)24-6-4-5-17(10-24)25-13-22-12-23-25/h7,9,11-14,17H,4-6,8,10H2,1-3H3/t17-/m1/s1. The molecule has 0 unspecified atom stereocenters. The summed E-state index contributed by atoms with van der Waals surface area (Å²) in [7, 11) is 0. The van der Waals surface area contributed by atoms with E-state index in [-0.39, 0.29) is 11.9 Å². The van der Waals surface area contributed by atoms with Crippen molar-refractivity contribution in [3.8, 4) is 0 Å². The lowest BCUT2D eigenvalue weighted by Crippen LogP contribution is -2.41. The number of rotatable bonds is 4. The fraction of sp³-hybridized carbons (Fsp3) is 0.476. The molecular weight excluding hydrogens is 340 g/mol. The Bertz CT molecular complexity index is 943. The first-order valence-corrected chi connectivity index (χ1v) is 9.65. The molecule has 3 heterocycles. The third-order valence-electron chi connectivity index (χ3n) is 5.57. The number of carbonyl (C=O) groups excluding carboxylic acids is 1. The van der Waals surface area contributed by atoms with Crippen LogP contribution in [0.1, 0.15) is 55.3 Å². The van der Waals surface area contributed by atoms with Crippen LogP contribution in [-0.2, 0) is 11.2 Å². The Morgan fingerprint density at radius 1 is 1.37 bits per heavy atom. The first-order chi connectivity index (χ1) is 13.0. The van der Waals surface area contributed by atoms with E-state index in [1.165, 1.54) is 11.1 Å². The SMILES string of the molecule is Cc1cc2occ(CC(=O)N3CCC[C@@H](n4cncn4)C3)c2cc1C(C)C. The summed E-state index contributed by atoms with van der Waals surface area (Å²) in [6, 6.07) is 4.48. The minimum Gasteiger partial charge on any atom is -0.464 e. The number of furan rings is 1. The zero-order valence-electron chi connectivity index (χ0n) is 16.2. The van der Waals surface area contributed by atoms with Gasteiger partial charge in [-0.1, -0.05) is 13.8 Å². The molecule has 0 aliphatic carbocycles. The monoisotopic (exact) mass is 366 g/mol. The largest absolute Gasteiger partial charge is 0.464 e. The van der Waals surface area contributed by atoms with E-state index in [9.17, 15) is 4.79 Å². The molecule has 4 rings (SSSR count). The van der Waals surface area contributed by atoms with Gasteiger partial charge in [0.15, 0.2) is 0 Å². The van der Waals surface area contributed by atoms with Gasteiger partial charge in [0.05, 0.1) is 18.7 Å². The van der Waals surface area contributed by atoms with E-state index >= 15 is 0 Å². The number of nitrogens with zero attached hydrogens (tertiary/aromatic N) is 4. The van der Waals surface area contributed by atoms with Crippen LogP contribution in [0.4, 0.5) is 0 Å². The van der Waals surface area contributed by atoms with E-state index in [0.717, 1.165) is 35.9 Å². The van der Waals surface area contributed by atoms with Crippen LogP contribution in [0.3, 0.4) is 0 Å². The van der Waals surface area contributed by atoms with Crippen molar-refractivity contribution in [3.05, 3.63) is 47.7 Å². The maximum atomic E-state index is 12.9. The Labute approximate surface area is 159 Å². The van der Waals surface area contributed by atoms with E-state index in [2.05, 4.69) is 43.0 Å². The van der Waals surface area contributed by atoms with E-state index in [1.807, 2.05) is 9.58 Å². The Balaban J connectivity index is 1.53. The maximum absolute atomic E-state index is 12.9. The molecule has 27 heavy (non-hydrogen) atoms. The van der Waals surface area contributed by atoms with Crippen molar-refractivity contribution in [1.82, 2.24) is 19.7 Å². The quantitative estimate of drug-likeness (QED) is 0.703. The van der Waals surface area contributed by atoms with Crippen LogP contribution in [0.2, 0.25) is 0 Å². The van der Waals surface area contributed by atoms with Crippen molar-refractivity contribution >= 4 is 16.9 Å². The van der Waals surface area contributed by atoms with Gasteiger partial charge in [0.2, 0.25) is 5.91 Å². The number of likely N-dealkylation sites (tertiary alicyclic amines) is 1. The van der Waals surface area contributed by atoms with Gasteiger partial charge in [-0.25, -0.2) is 9.67 Å². The van der Waals surface area contributed by atoms with Crippen LogP contribution in [0.5, 0.6) is 0 Å². The number of carbonyl (C=O) groups is 1. The molecule has 0 spiro atoms. The third-order valence-corrected chi connectivity index (χ3v) is 5.57. The number of fused-ring (bicyclic) bond motifs is 1. The highest BCUT2D eigenvalue weighted by Crippen LogP contribution is 2.30. The topological polar surface area (TPSA) is 64.2 Å². The van der Waals surface area contributed by atoms with E-state index in [0.29, 0.717) is 18.9 Å². The van der Waals surface area contributed by atoms with Gasteiger partial charge < -0.3 is 9.32 Å². The fourth-order valence-electron chi connectivity index (χ4n) is 4.08. The number of aryl methyl sites for hydroxylation is 1. The smallest absolute Gasteiger partial charge is 0.227 e. The first kappa shape index (κ1) is 17.8. The lowest BCUT2D eigenvalue weighted by atomic mass is 9.95. The second-order valence-corrected chi connectivity index (χ2v) is 7.81. The average Bonchev–Trinajstić information content (AvgIpc) is 3.31. The summed E-state index contributed by atoms with van der Waals surface area (Å²) in [5, 5.41) is 5.30. The van der Waals surface area contributed by atoms with Crippen molar-refractivity contribution in [2.45, 2.75) is 52.0 Å². The van der Waals surface area contributed by atoms with Crippen LogP contribution in [0, 0.1) is 6.92 Å². The van der Waals surface area contributed by atoms with Crippen molar-refractivity contribution in [1.29, 1.82) is 0 Å².